The zero-order valence-corrected chi connectivity index (χ0v) is 18.1. The highest BCUT2D eigenvalue weighted by molar-refractivity contribution is 5.95. The van der Waals surface area contributed by atoms with Crippen molar-refractivity contribution in [3.63, 3.8) is 0 Å². The van der Waals surface area contributed by atoms with Crippen molar-refractivity contribution in [3.05, 3.63) is 90.2 Å². The molecular weight excluding hydrogens is 419 g/mol. The zero-order valence-electron chi connectivity index (χ0n) is 18.1. The van der Waals surface area contributed by atoms with Crippen LogP contribution in [0.1, 0.15) is 24.8 Å². The summed E-state index contributed by atoms with van der Waals surface area (Å²) in [5, 5.41) is 7.38. The maximum Gasteiger partial charge on any atom is 0.336 e. The van der Waals surface area contributed by atoms with Crippen LogP contribution in [0.2, 0.25) is 0 Å². The molecule has 7 heteroatoms. The molecule has 1 fully saturated rings. The Balaban J connectivity index is 1.35. The van der Waals surface area contributed by atoms with E-state index in [1.54, 1.807) is 35.0 Å². The molecule has 166 valence electrons. The molecule has 0 bridgehead atoms. The van der Waals surface area contributed by atoms with Gasteiger partial charge in [0, 0.05) is 11.6 Å². The largest absolute Gasteiger partial charge is 0.463 e. The summed E-state index contributed by atoms with van der Waals surface area (Å²) in [6.45, 7) is 2.24. The quantitative estimate of drug-likeness (QED) is 0.426. The van der Waals surface area contributed by atoms with Crippen LogP contribution in [-0.2, 0) is 4.79 Å². The van der Waals surface area contributed by atoms with E-state index in [0.717, 1.165) is 6.42 Å². The summed E-state index contributed by atoms with van der Waals surface area (Å²) < 4.78 is 21.4. The van der Waals surface area contributed by atoms with Crippen LogP contribution in [0.15, 0.2) is 78.9 Å². The molecule has 0 radical (unpaired) electrons. The van der Waals surface area contributed by atoms with Crippen LogP contribution < -0.4 is 10.1 Å². The second kappa shape index (κ2) is 8.86. The summed E-state index contributed by atoms with van der Waals surface area (Å²) in [6.07, 6.45) is 0.860. The molecule has 6 nitrogen and oxygen atoms in total. The Kier molecular flexibility index (Phi) is 5.60. The Hall–Kier alpha value is -4.00. The summed E-state index contributed by atoms with van der Waals surface area (Å²) in [5.41, 5.74) is 2.90. The van der Waals surface area contributed by atoms with Crippen molar-refractivity contribution in [2.24, 2.45) is 5.92 Å². The fraction of sp³-hybridized carbons (Fsp3) is 0.192. The number of amides is 1. The first-order valence-corrected chi connectivity index (χ1v) is 10.9. The Morgan fingerprint density at radius 1 is 1.06 bits per heavy atom. The van der Waals surface area contributed by atoms with E-state index in [2.05, 4.69) is 27.5 Å². The van der Waals surface area contributed by atoms with E-state index in [1.807, 2.05) is 37.3 Å². The Morgan fingerprint density at radius 2 is 1.79 bits per heavy atom. The number of rotatable bonds is 7. The van der Waals surface area contributed by atoms with Crippen LogP contribution in [0.3, 0.4) is 0 Å². The summed E-state index contributed by atoms with van der Waals surface area (Å²) in [4.78, 5) is 17.0. The van der Waals surface area contributed by atoms with E-state index in [9.17, 15) is 9.18 Å². The number of hydrogen-bond acceptors (Lipinski definition) is 4. The first kappa shape index (κ1) is 20.9. The van der Waals surface area contributed by atoms with Crippen molar-refractivity contribution in [3.8, 4) is 23.1 Å². The molecule has 0 spiro atoms. The van der Waals surface area contributed by atoms with E-state index in [1.165, 1.54) is 11.6 Å². The summed E-state index contributed by atoms with van der Waals surface area (Å²) in [6, 6.07) is 23.9. The smallest absolute Gasteiger partial charge is 0.336 e. The standard InChI is InChI=1S/C26H23FN4O2/c1-2-33-26-29-24(20-10-6-7-11-23(20)27)31(30-26)19-14-12-18(13-15-19)28-25(32)22-16-21(22)17-8-4-3-5-9-17/h3-15,21-22H,2,16H2,1H3,(H,28,32)/t21-,22?/m0/s1. The summed E-state index contributed by atoms with van der Waals surface area (Å²) in [5.74, 6) is 0.236. The van der Waals surface area contributed by atoms with Crippen LogP contribution in [0, 0.1) is 11.7 Å². The van der Waals surface area contributed by atoms with Gasteiger partial charge in [-0.2, -0.15) is 4.98 Å². The molecule has 1 heterocycles. The fourth-order valence-corrected chi connectivity index (χ4v) is 3.95. The van der Waals surface area contributed by atoms with E-state index in [4.69, 9.17) is 4.74 Å². The lowest BCUT2D eigenvalue weighted by molar-refractivity contribution is -0.117. The lowest BCUT2D eigenvalue weighted by Crippen LogP contribution is -2.14. The molecule has 1 unspecified atom stereocenters. The zero-order chi connectivity index (χ0) is 22.8. The van der Waals surface area contributed by atoms with Gasteiger partial charge in [-0.15, -0.1) is 5.10 Å². The lowest BCUT2D eigenvalue weighted by Gasteiger charge is -2.09. The van der Waals surface area contributed by atoms with Gasteiger partial charge in [0.15, 0.2) is 5.82 Å². The van der Waals surface area contributed by atoms with Gasteiger partial charge in [-0.25, -0.2) is 9.07 Å². The van der Waals surface area contributed by atoms with Gasteiger partial charge in [0.05, 0.1) is 17.9 Å². The molecule has 0 aliphatic heterocycles. The minimum atomic E-state index is -0.393. The van der Waals surface area contributed by atoms with E-state index in [0.29, 0.717) is 29.4 Å². The first-order valence-electron chi connectivity index (χ1n) is 10.9. The van der Waals surface area contributed by atoms with Gasteiger partial charge < -0.3 is 10.1 Å². The molecule has 1 aliphatic carbocycles. The Labute approximate surface area is 191 Å². The van der Waals surface area contributed by atoms with Gasteiger partial charge in [-0.1, -0.05) is 42.5 Å². The maximum absolute atomic E-state index is 14.4. The molecule has 1 aromatic heterocycles. The number of benzene rings is 3. The number of ether oxygens (including phenoxy) is 1. The molecule has 1 aliphatic rings. The second-order valence-electron chi connectivity index (χ2n) is 7.94. The van der Waals surface area contributed by atoms with E-state index >= 15 is 0 Å². The predicted octanol–water partition coefficient (Wildman–Crippen LogP) is 5.21. The van der Waals surface area contributed by atoms with Gasteiger partial charge in [-0.05, 0) is 61.2 Å². The first-order chi connectivity index (χ1) is 16.1. The van der Waals surface area contributed by atoms with Crippen LogP contribution in [0.25, 0.3) is 17.1 Å². The number of carbonyl (C=O) groups is 1. The predicted molar refractivity (Wildman–Crippen MR) is 124 cm³/mol. The van der Waals surface area contributed by atoms with Crippen molar-refractivity contribution in [1.29, 1.82) is 0 Å². The van der Waals surface area contributed by atoms with Crippen molar-refractivity contribution in [1.82, 2.24) is 14.8 Å². The maximum atomic E-state index is 14.4. The summed E-state index contributed by atoms with van der Waals surface area (Å²) >= 11 is 0. The third kappa shape index (κ3) is 4.35. The molecule has 4 aromatic rings. The number of anilines is 1. The minimum Gasteiger partial charge on any atom is -0.463 e. The summed E-state index contributed by atoms with van der Waals surface area (Å²) in [7, 11) is 0. The lowest BCUT2D eigenvalue weighted by atomic mass is 10.1. The Morgan fingerprint density at radius 3 is 2.52 bits per heavy atom. The molecule has 0 saturated heterocycles. The molecule has 5 rings (SSSR count). The Bertz CT molecular complexity index is 1270. The molecular formula is C26H23FN4O2. The number of nitrogens with one attached hydrogen (secondary N) is 1. The average molecular weight is 442 g/mol. The molecule has 1 amide bonds. The van der Waals surface area contributed by atoms with E-state index in [-0.39, 0.29) is 23.8 Å². The monoisotopic (exact) mass is 442 g/mol. The molecule has 33 heavy (non-hydrogen) atoms. The molecule has 1 N–H and O–H groups in total. The highest BCUT2D eigenvalue weighted by Gasteiger charge is 2.43. The molecule has 3 aromatic carbocycles. The number of aromatic nitrogens is 3. The van der Waals surface area contributed by atoms with Crippen molar-refractivity contribution in [2.75, 3.05) is 11.9 Å². The number of hydrogen-bond donors (Lipinski definition) is 1. The van der Waals surface area contributed by atoms with E-state index < -0.39 is 5.82 Å². The third-order valence-corrected chi connectivity index (χ3v) is 5.71. The number of halogens is 1. The molecule has 2 atom stereocenters. The average Bonchev–Trinajstić information content (AvgIpc) is 3.55. The topological polar surface area (TPSA) is 69.0 Å². The third-order valence-electron chi connectivity index (χ3n) is 5.71. The highest BCUT2D eigenvalue weighted by Crippen LogP contribution is 2.47. The molecule has 1 saturated carbocycles. The SMILES string of the molecule is CCOc1nc(-c2ccccc2F)n(-c2ccc(NC(=O)C3C[C@H]3c3ccccc3)cc2)n1. The van der Waals surface area contributed by atoms with Crippen LogP contribution in [0.5, 0.6) is 6.01 Å². The van der Waals surface area contributed by atoms with Gasteiger partial charge >= 0.3 is 6.01 Å². The van der Waals surface area contributed by atoms with Gasteiger partial charge in [0.2, 0.25) is 5.91 Å². The van der Waals surface area contributed by atoms with Crippen molar-refractivity contribution in [2.45, 2.75) is 19.3 Å². The van der Waals surface area contributed by atoms with Crippen molar-refractivity contribution >= 4 is 11.6 Å². The van der Waals surface area contributed by atoms with Gasteiger partial charge in [-0.3, -0.25) is 4.79 Å². The van der Waals surface area contributed by atoms with Crippen LogP contribution in [0.4, 0.5) is 10.1 Å². The van der Waals surface area contributed by atoms with Gasteiger partial charge in [0.25, 0.3) is 0 Å². The fourth-order valence-electron chi connectivity index (χ4n) is 3.95. The number of carbonyl (C=O) groups excluding carboxylic acids is 1. The normalized spacial score (nSPS) is 16.9. The second-order valence-corrected chi connectivity index (χ2v) is 7.94. The van der Waals surface area contributed by atoms with Crippen molar-refractivity contribution < 1.29 is 13.9 Å². The van der Waals surface area contributed by atoms with Gasteiger partial charge in [0.1, 0.15) is 5.82 Å². The minimum absolute atomic E-state index is 0.0104. The highest BCUT2D eigenvalue weighted by atomic mass is 19.1. The number of nitrogens with zero attached hydrogens (tertiary/aromatic N) is 3. The van der Waals surface area contributed by atoms with Crippen LogP contribution in [-0.4, -0.2) is 27.3 Å². The van der Waals surface area contributed by atoms with Crippen LogP contribution >= 0.6 is 0 Å².